The van der Waals surface area contributed by atoms with Crippen molar-refractivity contribution in [3.63, 3.8) is 0 Å². The molecule has 1 heterocycles. The third-order valence-electron chi connectivity index (χ3n) is 5.17. The Bertz CT molecular complexity index is 1190. The Balaban J connectivity index is 1.71. The number of nitrogens with zero attached hydrogens (tertiary/aromatic N) is 1. The van der Waals surface area contributed by atoms with Crippen molar-refractivity contribution in [3.8, 4) is 11.5 Å². The van der Waals surface area contributed by atoms with E-state index in [9.17, 15) is 19.2 Å². The Kier molecular flexibility index (Phi) is 9.13. The van der Waals surface area contributed by atoms with Gasteiger partial charge in [0.15, 0.2) is 18.1 Å². The molecule has 190 valence electrons. The molecule has 2 aromatic carbocycles. The fourth-order valence-electron chi connectivity index (χ4n) is 3.43. The van der Waals surface area contributed by atoms with Gasteiger partial charge in [0, 0.05) is 5.69 Å². The largest absolute Gasteiger partial charge is 0.490 e. The highest BCUT2D eigenvalue weighted by atomic mass is 32.2. The molecule has 0 aromatic heterocycles. The molecule has 2 aromatic rings. The van der Waals surface area contributed by atoms with Crippen LogP contribution in [0.25, 0.3) is 6.08 Å². The molecule has 0 radical (unpaired) electrons. The summed E-state index contributed by atoms with van der Waals surface area (Å²) in [4.78, 5) is 49.7. The van der Waals surface area contributed by atoms with Gasteiger partial charge >= 0.3 is 5.97 Å². The van der Waals surface area contributed by atoms with Crippen molar-refractivity contribution in [2.75, 3.05) is 32.2 Å². The third kappa shape index (κ3) is 6.66. The first-order valence-corrected chi connectivity index (χ1v) is 12.2. The maximum absolute atomic E-state index is 12.6. The highest BCUT2D eigenvalue weighted by Crippen LogP contribution is 2.34. The van der Waals surface area contributed by atoms with E-state index < -0.39 is 23.7 Å². The van der Waals surface area contributed by atoms with Gasteiger partial charge < -0.3 is 19.5 Å². The van der Waals surface area contributed by atoms with Gasteiger partial charge in [-0.05, 0) is 60.0 Å². The second-order valence-corrected chi connectivity index (χ2v) is 9.06. The molecule has 1 fully saturated rings. The number of carbonyl (C=O) groups excluding carboxylic acids is 4. The first kappa shape index (κ1) is 26.8. The van der Waals surface area contributed by atoms with E-state index in [1.54, 1.807) is 18.2 Å². The predicted molar refractivity (Wildman–Crippen MR) is 137 cm³/mol. The van der Waals surface area contributed by atoms with Gasteiger partial charge in [0.2, 0.25) is 0 Å². The molecule has 10 heteroatoms. The number of carbonyl (C=O) groups is 4. The molecule has 1 aliphatic heterocycles. The normalized spacial score (nSPS) is 14.4. The van der Waals surface area contributed by atoms with Gasteiger partial charge in [0.05, 0.1) is 18.6 Å². The minimum atomic E-state index is -0.685. The Morgan fingerprint density at radius 1 is 1.08 bits per heavy atom. The summed E-state index contributed by atoms with van der Waals surface area (Å²) in [6, 6.07) is 12.6. The number of esters is 1. The van der Waals surface area contributed by atoms with E-state index in [0.717, 1.165) is 27.9 Å². The molecule has 1 aliphatic rings. The molecule has 0 unspecified atom stereocenters. The summed E-state index contributed by atoms with van der Waals surface area (Å²) in [5.41, 5.74) is 2.36. The van der Waals surface area contributed by atoms with E-state index in [1.165, 1.54) is 13.2 Å². The maximum atomic E-state index is 12.6. The first-order chi connectivity index (χ1) is 17.2. The summed E-state index contributed by atoms with van der Waals surface area (Å²) in [7, 11) is 1.18. The number of ether oxygens (including phenoxy) is 3. The lowest BCUT2D eigenvalue weighted by molar-refractivity contribution is -0.143. The van der Waals surface area contributed by atoms with Crippen molar-refractivity contribution in [2.45, 2.75) is 26.7 Å². The molecular formula is C26H28N2O7S. The van der Waals surface area contributed by atoms with Crippen LogP contribution >= 0.6 is 11.8 Å². The quantitative estimate of drug-likeness (QED) is 0.368. The van der Waals surface area contributed by atoms with Crippen molar-refractivity contribution in [2.24, 2.45) is 0 Å². The van der Waals surface area contributed by atoms with Gasteiger partial charge in [-0.3, -0.25) is 24.1 Å². The number of methoxy groups -OCH3 is 1. The number of hydrogen-bond acceptors (Lipinski definition) is 8. The number of rotatable bonds is 10. The van der Waals surface area contributed by atoms with Crippen LogP contribution in [0.5, 0.6) is 11.5 Å². The SMILES string of the molecule is CCOc1cc(/C=C2/SC(=O)N(CC(=O)OC)C2=O)ccc1OCC(=O)Nc1ccccc1C(C)C. The zero-order chi connectivity index (χ0) is 26.2. The summed E-state index contributed by atoms with van der Waals surface area (Å²) in [6.07, 6.45) is 1.53. The lowest BCUT2D eigenvalue weighted by atomic mass is 10.0. The number of imide groups is 1. The molecule has 9 nitrogen and oxygen atoms in total. The van der Waals surface area contributed by atoms with Crippen molar-refractivity contribution in [1.29, 1.82) is 0 Å². The van der Waals surface area contributed by atoms with Gasteiger partial charge in [-0.1, -0.05) is 38.1 Å². The van der Waals surface area contributed by atoms with Gasteiger partial charge in [0.25, 0.3) is 17.1 Å². The minimum absolute atomic E-state index is 0.170. The summed E-state index contributed by atoms with van der Waals surface area (Å²) in [5, 5.41) is 2.33. The van der Waals surface area contributed by atoms with E-state index >= 15 is 0 Å². The zero-order valence-corrected chi connectivity index (χ0v) is 21.3. The van der Waals surface area contributed by atoms with Crippen molar-refractivity contribution in [1.82, 2.24) is 4.90 Å². The average molecular weight is 513 g/mol. The topological polar surface area (TPSA) is 111 Å². The molecular weight excluding hydrogens is 484 g/mol. The summed E-state index contributed by atoms with van der Waals surface area (Å²) in [5.74, 6) is -0.576. The average Bonchev–Trinajstić information content (AvgIpc) is 3.11. The third-order valence-corrected chi connectivity index (χ3v) is 6.08. The number of benzene rings is 2. The van der Waals surface area contributed by atoms with E-state index in [1.807, 2.05) is 31.2 Å². The molecule has 1 N–H and O–H groups in total. The van der Waals surface area contributed by atoms with Crippen LogP contribution in [-0.4, -0.2) is 54.8 Å². The highest BCUT2D eigenvalue weighted by Gasteiger charge is 2.36. The van der Waals surface area contributed by atoms with E-state index in [4.69, 9.17) is 9.47 Å². The number of nitrogens with one attached hydrogen (secondary N) is 1. The minimum Gasteiger partial charge on any atom is -0.490 e. The number of anilines is 1. The molecule has 1 saturated heterocycles. The fourth-order valence-corrected chi connectivity index (χ4v) is 4.27. The lowest BCUT2D eigenvalue weighted by Gasteiger charge is -2.15. The first-order valence-electron chi connectivity index (χ1n) is 11.3. The zero-order valence-electron chi connectivity index (χ0n) is 20.5. The predicted octanol–water partition coefficient (Wildman–Crippen LogP) is 4.44. The molecule has 0 atom stereocenters. The molecule has 0 spiro atoms. The van der Waals surface area contributed by atoms with Gasteiger partial charge in [-0.25, -0.2) is 0 Å². The second-order valence-electron chi connectivity index (χ2n) is 8.06. The van der Waals surface area contributed by atoms with Crippen LogP contribution < -0.4 is 14.8 Å². The number of hydrogen-bond donors (Lipinski definition) is 1. The van der Waals surface area contributed by atoms with Gasteiger partial charge in [-0.15, -0.1) is 0 Å². The Morgan fingerprint density at radius 3 is 2.53 bits per heavy atom. The van der Waals surface area contributed by atoms with Crippen LogP contribution in [0.15, 0.2) is 47.4 Å². The number of amides is 3. The van der Waals surface area contributed by atoms with Crippen LogP contribution in [-0.2, 0) is 19.1 Å². The lowest BCUT2D eigenvalue weighted by Crippen LogP contribution is -2.34. The monoisotopic (exact) mass is 512 g/mol. The van der Waals surface area contributed by atoms with Crippen molar-refractivity contribution >= 4 is 46.5 Å². The van der Waals surface area contributed by atoms with Crippen molar-refractivity contribution in [3.05, 3.63) is 58.5 Å². The van der Waals surface area contributed by atoms with E-state index in [-0.39, 0.29) is 23.3 Å². The van der Waals surface area contributed by atoms with Gasteiger partial charge in [-0.2, -0.15) is 0 Å². The molecule has 0 aliphatic carbocycles. The highest BCUT2D eigenvalue weighted by molar-refractivity contribution is 8.18. The summed E-state index contributed by atoms with van der Waals surface area (Å²) < 4.78 is 15.9. The number of para-hydroxylation sites is 1. The molecule has 0 saturated carbocycles. The second kappa shape index (κ2) is 12.3. The van der Waals surface area contributed by atoms with Crippen LogP contribution in [0.3, 0.4) is 0 Å². The van der Waals surface area contributed by atoms with Crippen LogP contribution in [0.4, 0.5) is 10.5 Å². The fraction of sp³-hybridized carbons (Fsp3) is 0.308. The molecule has 3 amide bonds. The van der Waals surface area contributed by atoms with E-state index in [2.05, 4.69) is 23.9 Å². The van der Waals surface area contributed by atoms with Gasteiger partial charge in [0.1, 0.15) is 6.54 Å². The molecule has 36 heavy (non-hydrogen) atoms. The van der Waals surface area contributed by atoms with Crippen LogP contribution in [0, 0.1) is 0 Å². The molecule has 3 rings (SSSR count). The summed E-state index contributed by atoms with van der Waals surface area (Å²) in [6.45, 7) is 5.60. The van der Waals surface area contributed by atoms with Crippen LogP contribution in [0.1, 0.15) is 37.8 Å². The van der Waals surface area contributed by atoms with Crippen LogP contribution in [0.2, 0.25) is 0 Å². The Morgan fingerprint density at radius 2 is 1.83 bits per heavy atom. The Labute approximate surface area is 213 Å². The van der Waals surface area contributed by atoms with E-state index in [0.29, 0.717) is 23.7 Å². The Hall–Kier alpha value is -3.79. The van der Waals surface area contributed by atoms with Crippen molar-refractivity contribution < 1.29 is 33.4 Å². The summed E-state index contributed by atoms with van der Waals surface area (Å²) >= 11 is 0.736. The maximum Gasteiger partial charge on any atom is 0.325 e. The number of thioether (sulfide) groups is 1. The standard InChI is InChI=1S/C26H28N2O7S/c1-5-34-21-12-17(13-22-25(31)28(26(32)36-22)14-24(30)33-4)10-11-20(21)35-15-23(29)27-19-9-7-6-8-18(19)16(2)3/h6-13,16H,5,14-15H2,1-4H3,(H,27,29)/b22-13+. The molecule has 0 bridgehead atoms. The smallest absolute Gasteiger partial charge is 0.325 e.